The summed E-state index contributed by atoms with van der Waals surface area (Å²) in [6.07, 6.45) is 1.26. The van der Waals surface area contributed by atoms with E-state index < -0.39 is 13.0 Å². The van der Waals surface area contributed by atoms with Crippen LogP contribution in [0.25, 0.3) is 0 Å². The van der Waals surface area contributed by atoms with Gasteiger partial charge in [0.05, 0.1) is 18.2 Å². The van der Waals surface area contributed by atoms with E-state index in [1.807, 2.05) is 0 Å². The monoisotopic (exact) mass is 294 g/mol. The molecular formula is C14H15O5P. The van der Waals surface area contributed by atoms with E-state index in [4.69, 9.17) is 13.5 Å². The Hall–Kier alpha value is -1.84. The second-order valence-electron chi connectivity index (χ2n) is 4.01. The van der Waals surface area contributed by atoms with Crippen LogP contribution in [0.4, 0.5) is 0 Å². The quantitative estimate of drug-likeness (QED) is 0.793. The Balaban J connectivity index is 2.45. The number of rotatable bonds is 5. The lowest BCUT2D eigenvalue weighted by Crippen LogP contribution is -2.16. The minimum absolute atomic E-state index is 0.0897. The second kappa shape index (κ2) is 6.07. The molecule has 0 aliphatic carbocycles. The fourth-order valence-corrected chi connectivity index (χ4v) is 3.31. The van der Waals surface area contributed by atoms with Gasteiger partial charge in [0.25, 0.3) is 0 Å². The zero-order valence-electron chi connectivity index (χ0n) is 11.2. The van der Waals surface area contributed by atoms with Gasteiger partial charge in [0, 0.05) is 6.07 Å². The highest BCUT2D eigenvalue weighted by atomic mass is 31.2. The predicted molar refractivity (Wildman–Crippen MR) is 75.7 cm³/mol. The third kappa shape index (κ3) is 3.00. The van der Waals surface area contributed by atoms with E-state index in [9.17, 15) is 9.36 Å². The van der Waals surface area contributed by atoms with Gasteiger partial charge >= 0.3 is 7.60 Å². The molecule has 1 unspecified atom stereocenters. The van der Waals surface area contributed by atoms with Crippen molar-refractivity contribution in [2.45, 2.75) is 13.8 Å². The number of aryl methyl sites for hydroxylation is 1. The molecule has 0 fully saturated rings. The standard InChI is InChI=1S/C14H15O5P/c1-3-18-20(16,12-7-5-4-6-8-12)19-14-11(2)17-10-9-13(14)15/h4-10H,3H2,1-2H3. The second-order valence-corrected chi connectivity index (χ2v) is 5.96. The summed E-state index contributed by atoms with van der Waals surface area (Å²) in [7, 11) is -3.61. The Morgan fingerprint density at radius 1 is 1.20 bits per heavy atom. The number of hydrogen-bond acceptors (Lipinski definition) is 5. The van der Waals surface area contributed by atoms with E-state index in [0.29, 0.717) is 5.30 Å². The summed E-state index contributed by atoms with van der Waals surface area (Å²) in [5, 5.41) is 0.393. The van der Waals surface area contributed by atoms with E-state index in [1.54, 1.807) is 44.2 Å². The van der Waals surface area contributed by atoms with Crippen molar-refractivity contribution in [1.82, 2.24) is 0 Å². The van der Waals surface area contributed by atoms with Crippen LogP contribution in [-0.2, 0) is 9.09 Å². The van der Waals surface area contributed by atoms with Crippen LogP contribution in [0.1, 0.15) is 12.7 Å². The van der Waals surface area contributed by atoms with Crippen LogP contribution >= 0.6 is 7.60 Å². The van der Waals surface area contributed by atoms with Crippen molar-refractivity contribution in [2.75, 3.05) is 6.61 Å². The predicted octanol–water partition coefficient (Wildman–Crippen LogP) is 2.88. The molecule has 6 heteroatoms. The van der Waals surface area contributed by atoms with Crippen LogP contribution in [0.2, 0.25) is 0 Å². The summed E-state index contributed by atoms with van der Waals surface area (Å²) in [6, 6.07) is 9.73. The van der Waals surface area contributed by atoms with Gasteiger partial charge in [-0.15, -0.1) is 0 Å². The van der Waals surface area contributed by atoms with Crippen molar-refractivity contribution in [3.05, 3.63) is 58.6 Å². The first-order chi connectivity index (χ1) is 9.57. The molecule has 1 heterocycles. The zero-order valence-corrected chi connectivity index (χ0v) is 12.1. The highest BCUT2D eigenvalue weighted by molar-refractivity contribution is 7.62. The average molecular weight is 294 g/mol. The van der Waals surface area contributed by atoms with E-state index in [2.05, 4.69) is 0 Å². The first-order valence-electron chi connectivity index (χ1n) is 6.15. The Morgan fingerprint density at radius 3 is 2.50 bits per heavy atom. The molecule has 1 aromatic carbocycles. The maximum absolute atomic E-state index is 12.9. The van der Waals surface area contributed by atoms with Gasteiger partial charge in [0.1, 0.15) is 5.76 Å². The van der Waals surface area contributed by atoms with E-state index >= 15 is 0 Å². The first-order valence-corrected chi connectivity index (χ1v) is 7.69. The maximum atomic E-state index is 12.9. The topological polar surface area (TPSA) is 65.7 Å². The van der Waals surface area contributed by atoms with Crippen LogP contribution in [0.15, 0.2) is 51.9 Å². The molecule has 0 amide bonds. The van der Waals surface area contributed by atoms with Crippen LogP contribution in [-0.4, -0.2) is 6.61 Å². The molecule has 106 valence electrons. The normalized spacial score (nSPS) is 13.7. The summed E-state index contributed by atoms with van der Waals surface area (Å²) >= 11 is 0. The van der Waals surface area contributed by atoms with Crippen molar-refractivity contribution in [3.63, 3.8) is 0 Å². The lowest BCUT2D eigenvalue weighted by molar-refractivity contribution is 0.285. The lowest BCUT2D eigenvalue weighted by Gasteiger charge is -2.18. The van der Waals surface area contributed by atoms with Gasteiger partial charge in [0.2, 0.25) is 11.2 Å². The number of hydrogen-bond donors (Lipinski definition) is 0. The molecule has 0 radical (unpaired) electrons. The summed E-state index contributed by atoms with van der Waals surface area (Å²) in [5.41, 5.74) is -0.399. The summed E-state index contributed by atoms with van der Waals surface area (Å²) in [6.45, 7) is 3.47. The largest absolute Gasteiger partial charge is 0.465 e. The minimum Gasteiger partial charge on any atom is -0.465 e. The van der Waals surface area contributed by atoms with Crippen LogP contribution in [0.3, 0.4) is 0 Å². The third-order valence-electron chi connectivity index (χ3n) is 2.59. The molecular weight excluding hydrogens is 279 g/mol. The van der Waals surface area contributed by atoms with Crippen molar-refractivity contribution < 1.29 is 18.0 Å². The Kier molecular flexibility index (Phi) is 4.42. The van der Waals surface area contributed by atoms with Crippen LogP contribution in [0, 0.1) is 6.92 Å². The molecule has 20 heavy (non-hydrogen) atoms. The Morgan fingerprint density at radius 2 is 1.90 bits per heavy atom. The maximum Gasteiger partial charge on any atom is 0.410 e. The van der Waals surface area contributed by atoms with Crippen molar-refractivity contribution >= 4 is 12.9 Å². The summed E-state index contributed by atoms with van der Waals surface area (Å²) in [5.74, 6) is 0.168. The Labute approximate surface area is 116 Å². The number of benzene rings is 1. The SMILES string of the molecule is CCOP(=O)(Oc1c(C)occc1=O)c1ccccc1. The van der Waals surface area contributed by atoms with Crippen LogP contribution in [0.5, 0.6) is 5.75 Å². The van der Waals surface area contributed by atoms with E-state index in [1.165, 1.54) is 12.3 Å². The van der Waals surface area contributed by atoms with Crippen molar-refractivity contribution in [3.8, 4) is 5.75 Å². The summed E-state index contributed by atoms with van der Waals surface area (Å²) < 4.78 is 28.7. The molecule has 0 spiro atoms. The highest BCUT2D eigenvalue weighted by Crippen LogP contribution is 2.46. The van der Waals surface area contributed by atoms with Gasteiger partial charge in [0.15, 0.2) is 0 Å². The average Bonchev–Trinajstić information content (AvgIpc) is 2.44. The highest BCUT2D eigenvalue weighted by Gasteiger charge is 2.30. The molecule has 0 saturated heterocycles. The van der Waals surface area contributed by atoms with Gasteiger partial charge in [-0.25, -0.2) is 4.57 Å². The molecule has 0 saturated carbocycles. The van der Waals surface area contributed by atoms with Gasteiger partial charge < -0.3 is 8.94 Å². The van der Waals surface area contributed by atoms with Gasteiger partial charge in [-0.2, -0.15) is 0 Å². The molecule has 0 aliphatic rings. The molecule has 0 aliphatic heterocycles. The van der Waals surface area contributed by atoms with Gasteiger partial charge in [-0.05, 0) is 26.0 Å². The molecule has 0 N–H and O–H groups in total. The molecule has 1 aromatic heterocycles. The van der Waals surface area contributed by atoms with Crippen LogP contribution < -0.4 is 15.3 Å². The summed E-state index contributed by atoms with van der Waals surface area (Å²) in [4.78, 5) is 11.8. The first kappa shape index (κ1) is 14.6. The smallest absolute Gasteiger partial charge is 0.410 e. The van der Waals surface area contributed by atoms with Crippen molar-refractivity contribution in [1.29, 1.82) is 0 Å². The Bertz CT molecular complexity index is 677. The molecule has 2 rings (SSSR count). The van der Waals surface area contributed by atoms with Gasteiger partial charge in [-0.3, -0.25) is 9.32 Å². The van der Waals surface area contributed by atoms with Gasteiger partial charge in [-0.1, -0.05) is 18.2 Å². The third-order valence-corrected chi connectivity index (χ3v) is 4.54. The lowest BCUT2D eigenvalue weighted by atomic mass is 10.4. The molecule has 1 atom stereocenters. The van der Waals surface area contributed by atoms with E-state index in [0.717, 1.165) is 0 Å². The minimum atomic E-state index is -3.61. The molecule has 2 aromatic rings. The molecule has 0 bridgehead atoms. The van der Waals surface area contributed by atoms with Crippen molar-refractivity contribution in [2.24, 2.45) is 0 Å². The fraction of sp³-hybridized carbons (Fsp3) is 0.214. The van der Waals surface area contributed by atoms with E-state index in [-0.39, 0.29) is 18.1 Å². The fourth-order valence-electron chi connectivity index (χ4n) is 1.66. The zero-order chi connectivity index (χ0) is 14.6. The molecule has 5 nitrogen and oxygen atoms in total.